The van der Waals surface area contributed by atoms with Crippen LogP contribution in [-0.4, -0.2) is 17.2 Å². The average molecular weight is 314 g/mol. The van der Waals surface area contributed by atoms with Crippen LogP contribution in [0.2, 0.25) is 0 Å². The van der Waals surface area contributed by atoms with Crippen molar-refractivity contribution >= 4 is 32.4 Å². The second-order valence-corrected chi connectivity index (χ2v) is 5.35. The van der Waals surface area contributed by atoms with E-state index in [1.165, 1.54) is 11.3 Å². The van der Waals surface area contributed by atoms with E-state index in [-0.39, 0.29) is 0 Å². The van der Waals surface area contributed by atoms with Gasteiger partial charge in [0.25, 0.3) is 0 Å². The number of hydrogen-bond acceptors (Lipinski definition) is 5. The minimum absolute atomic E-state index is 0.492. The van der Waals surface area contributed by atoms with E-state index in [9.17, 15) is 0 Å². The predicted octanol–water partition coefficient (Wildman–Crippen LogP) is 3.06. The van der Waals surface area contributed by atoms with Gasteiger partial charge < -0.3 is 10.1 Å². The van der Waals surface area contributed by atoms with Crippen LogP contribution < -0.4 is 5.32 Å². The van der Waals surface area contributed by atoms with E-state index in [4.69, 9.17) is 4.74 Å². The van der Waals surface area contributed by atoms with Crippen LogP contribution in [0.5, 0.6) is 0 Å². The van der Waals surface area contributed by atoms with Gasteiger partial charge in [-0.2, -0.15) is 0 Å². The Hall–Kier alpha value is -0.980. The monoisotopic (exact) mass is 313 g/mol. The zero-order valence-electron chi connectivity index (χ0n) is 9.31. The quantitative estimate of drug-likeness (QED) is 0.921. The molecule has 0 amide bonds. The Morgan fingerprint density at radius 1 is 1.35 bits per heavy atom. The molecule has 0 aliphatic heterocycles. The standard InChI is InChI=1S/C11H12BrN3OS/c1-13-11-15-14-10(17-11)7-16-6-8-3-2-4-9(12)5-8/h2-5H,6-7H2,1H3,(H,13,15). The lowest BCUT2D eigenvalue weighted by Gasteiger charge is -2.02. The maximum Gasteiger partial charge on any atom is 0.205 e. The molecule has 0 fully saturated rings. The minimum Gasteiger partial charge on any atom is -0.370 e. The number of ether oxygens (including phenoxy) is 1. The van der Waals surface area contributed by atoms with Crippen molar-refractivity contribution < 1.29 is 4.74 Å². The van der Waals surface area contributed by atoms with Crippen LogP contribution in [0.3, 0.4) is 0 Å². The second kappa shape index (κ2) is 6.09. The molecule has 1 aromatic heterocycles. The van der Waals surface area contributed by atoms with Crippen LogP contribution in [0.1, 0.15) is 10.6 Å². The molecule has 17 heavy (non-hydrogen) atoms. The summed E-state index contributed by atoms with van der Waals surface area (Å²) in [7, 11) is 1.83. The van der Waals surface area contributed by atoms with Gasteiger partial charge in [0.15, 0.2) is 0 Å². The number of nitrogens with one attached hydrogen (secondary N) is 1. The zero-order valence-corrected chi connectivity index (χ0v) is 11.7. The Morgan fingerprint density at radius 3 is 2.94 bits per heavy atom. The van der Waals surface area contributed by atoms with E-state index in [2.05, 4.69) is 31.4 Å². The van der Waals surface area contributed by atoms with Crippen molar-refractivity contribution in [1.29, 1.82) is 0 Å². The molecule has 0 atom stereocenters. The lowest BCUT2D eigenvalue weighted by Crippen LogP contribution is -1.93. The number of anilines is 1. The van der Waals surface area contributed by atoms with Crippen molar-refractivity contribution in [3.05, 3.63) is 39.3 Å². The largest absolute Gasteiger partial charge is 0.370 e. The number of aromatic nitrogens is 2. The molecule has 0 spiro atoms. The highest BCUT2D eigenvalue weighted by atomic mass is 79.9. The Bertz CT molecular complexity index is 489. The highest BCUT2D eigenvalue weighted by molar-refractivity contribution is 9.10. The fourth-order valence-electron chi connectivity index (χ4n) is 1.30. The van der Waals surface area contributed by atoms with Gasteiger partial charge in [0.1, 0.15) is 11.6 Å². The first-order chi connectivity index (χ1) is 8.28. The summed E-state index contributed by atoms with van der Waals surface area (Å²) in [6, 6.07) is 8.06. The second-order valence-electron chi connectivity index (χ2n) is 3.37. The third-order valence-corrected chi connectivity index (χ3v) is 3.47. The van der Waals surface area contributed by atoms with E-state index in [1.54, 1.807) is 0 Å². The summed E-state index contributed by atoms with van der Waals surface area (Å²) in [4.78, 5) is 0. The number of halogens is 1. The number of rotatable bonds is 5. The molecule has 0 unspecified atom stereocenters. The van der Waals surface area contributed by atoms with Crippen LogP contribution in [0.4, 0.5) is 5.13 Å². The van der Waals surface area contributed by atoms with Gasteiger partial charge in [-0.15, -0.1) is 10.2 Å². The van der Waals surface area contributed by atoms with Crippen molar-refractivity contribution in [2.24, 2.45) is 0 Å². The molecule has 6 heteroatoms. The minimum atomic E-state index is 0.492. The first-order valence-electron chi connectivity index (χ1n) is 5.10. The molecule has 1 heterocycles. The Kier molecular flexibility index (Phi) is 4.47. The van der Waals surface area contributed by atoms with Gasteiger partial charge in [0.05, 0.1) is 6.61 Å². The average Bonchev–Trinajstić information content (AvgIpc) is 2.77. The van der Waals surface area contributed by atoms with Gasteiger partial charge in [0, 0.05) is 11.5 Å². The third-order valence-electron chi connectivity index (χ3n) is 2.06. The molecule has 0 bridgehead atoms. The molecule has 0 saturated carbocycles. The first-order valence-corrected chi connectivity index (χ1v) is 6.71. The summed E-state index contributed by atoms with van der Waals surface area (Å²) in [6.45, 7) is 1.07. The summed E-state index contributed by atoms with van der Waals surface area (Å²) in [5.41, 5.74) is 1.14. The maximum absolute atomic E-state index is 5.58. The van der Waals surface area contributed by atoms with Crippen LogP contribution in [0.15, 0.2) is 28.7 Å². The van der Waals surface area contributed by atoms with Crippen molar-refractivity contribution in [2.45, 2.75) is 13.2 Å². The van der Waals surface area contributed by atoms with Crippen LogP contribution in [0.25, 0.3) is 0 Å². The molecule has 2 rings (SSSR count). The predicted molar refractivity (Wildman–Crippen MR) is 72.1 cm³/mol. The molecule has 0 radical (unpaired) electrons. The molecular formula is C11H12BrN3OS. The van der Waals surface area contributed by atoms with Gasteiger partial charge in [0.2, 0.25) is 5.13 Å². The number of hydrogen-bond donors (Lipinski definition) is 1. The normalized spacial score (nSPS) is 10.5. The van der Waals surface area contributed by atoms with Gasteiger partial charge in [-0.25, -0.2) is 0 Å². The van der Waals surface area contributed by atoms with Crippen LogP contribution >= 0.6 is 27.3 Å². The molecule has 0 aliphatic carbocycles. The van der Waals surface area contributed by atoms with Crippen molar-refractivity contribution in [1.82, 2.24) is 10.2 Å². The summed E-state index contributed by atoms with van der Waals surface area (Å²) in [5, 5.41) is 12.6. The summed E-state index contributed by atoms with van der Waals surface area (Å²) in [6.07, 6.45) is 0. The molecular weight excluding hydrogens is 302 g/mol. The molecule has 90 valence electrons. The van der Waals surface area contributed by atoms with Gasteiger partial charge in [-0.1, -0.05) is 39.4 Å². The van der Waals surface area contributed by atoms with E-state index >= 15 is 0 Å². The molecule has 0 aliphatic rings. The lowest BCUT2D eigenvalue weighted by molar-refractivity contribution is 0.106. The summed E-state index contributed by atoms with van der Waals surface area (Å²) < 4.78 is 6.64. The topological polar surface area (TPSA) is 47.0 Å². The third kappa shape index (κ3) is 3.76. The van der Waals surface area contributed by atoms with Crippen molar-refractivity contribution in [3.63, 3.8) is 0 Å². The SMILES string of the molecule is CNc1nnc(COCc2cccc(Br)c2)s1. The van der Waals surface area contributed by atoms with E-state index in [0.29, 0.717) is 13.2 Å². The highest BCUT2D eigenvalue weighted by Crippen LogP contribution is 2.16. The zero-order chi connectivity index (χ0) is 12.1. The van der Waals surface area contributed by atoms with E-state index in [1.807, 2.05) is 31.3 Å². The van der Waals surface area contributed by atoms with Gasteiger partial charge in [-0.05, 0) is 17.7 Å². The Labute approximate surface area is 112 Å². The first kappa shape index (κ1) is 12.5. The fraction of sp³-hybridized carbons (Fsp3) is 0.273. The van der Waals surface area contributed by atoms with E-state index < -0.39 is 0 Å². The Morgan fingerprint density at radius 2 is 2.24 bits per heavy atom. The number of benzene rings is 1. The lowest BCUT2D eigenvalue weighted by atomic mass is 10.2. The molecule has 0 saturated heterocycles. The number of nitrogens with zero attached hydrogens (tertiary/aromatic N) is 2. The fourth-order valence-corrected chi connectivity index (χ4v) is 2.37. The van der Waals surface area contributed by atoms with E-state index in [0.717, 1.165) is 20.2 Å². The molecule has 1 N–H and O–H groups in total. The van der Waals surface area contributed by atoms with Gasteiger partial charge >= 0.3 is 0 Å². The van der Waals surface area contributed by atoms with Crippen LogP contribution in [-0.2, 0) is 18.0 Å². The molecule has 2 aromatic rings. The molecule has 4 nitrogen and oxygen atoms in total. The van der Waals surface area contributed by atoms with Crippen molar-refractivity contribution in [3.8, 4) is 0 Å². The smallest absolute Gasteiger partial charge is 0.205 e. The summed E-state index contributed by atoms with van der Waals surface area (Å²) in [5.74, 6) is 0. The highest BCUT2D eigenvalue weighted by Gasteiger charge is 2.02. The summed E-state index contributed by atoms with van der Waals surface area (Å²) >= 11 is 4.93. The van der Waals surface area contributed by atoms with Crippen molar-refractivity contribution in [2.75, 3.05) is 12.4 Å². The maximum atomic E-state index is 5.58. The molecule has 1 aromatic carbocycles. The Balaban J connectivity index is 1.83. The van der Waals surface area contributed by atoms with Gasteiger partial charge in [-0.3, -0.25) is 0 Å². The van der Waals surface area contributed by atoms with Crippen LogP contribution in [0, 0.1) is 0 Å².